The topological polar surface area (TPSA) is 58.6 Å². The van der Waals surface area contributed by atoms with E-state index < -0.39 is 10.0 Å². The highest BCUT2D eigenvalue weighted by atomic mass is 32.2. The Morgan fingerprint density at radius 1 is 1.15 bits per heavy atom. The molecule has 1 atom stereocenters. The van der Waals surface area contributed by atoms with Crippen LogP contribution in [0.2, 0.25) is 0 Å². The molecule has 2 aromatic carbocycles. The summed E-state index contributed by atoms with van der Waals surface area (Å²) in [5.74, 6) is 0. The first-order chi connectivity index (χ1) is 13.0. The third-order valence-corrected chi connectivity index (χ3v) is 6.50. The van der Waals surface area contributed by atoms with E-state index in [2.05, 4.69) is 21.8 Å². The van der Waals surface area contributed by atoms with Crippen molar-refractivity contribution in [1.29, 1.82) is 0 Å². The Hall–Kier alpha value is -1.73. The molecule has 1 aliphatic rings. The minimum absolute atomic E-state index is 0.0894. The molecule has 1 fully saturated rings. The van der Waals surface area contributed by atoms with Crippen LogP contribution in [-0.4, -0.2) is 46.1 Å². The standard InChI is InChI=1S/C21H28N2O3S/c1-17-9-10-18(2)21(15-17)27(24,25)22-11-6-12-23-13-14-26-20(16-23)19-7-4-3-5-8-19/h3-5,7-10,15,20,22H,6,11-14,16H2,1-2H3. The van der Waals surface area contributed by atoms with E-state index in [0.717, 1.165) is 37.2 Å². The fourth-order valence-electron chi connectivity index (χ4n) is 3.36. The van der Waals surface area contributed by atoms with E-state index in [1.54, 1.807) is 6.07 Å². The average Bonchev–Trinajstić information content (AvgIpc) is 2.68. The highest BCUT2D eigenvalue weighted by molar-refractivity contribution is 7.89. The van der Waals surface area contributed by atoms with Crippen LogP contribution >= 0.6 is 0 Å². The molecule has 3 rings (SSSR count). The number of nitrogens with zero attached hydrogens (tertiary/aromatic N) is 1. The van der Waals surface area contributed by atoms with Gasteiger partial charge < -0.3 is 4.74 Å². The molecule has 5 nitrogen and oxygen atoms in total. The van der Waals surface area contributed by atoms with Crippen molar-refractivity contribution in [2.24, 2.45) is 0 Å². The van der Waals surface area contributed by atoms with Crippen LogP contribution in [0.1, 0.15) is 29.2 Å². The molecular weight excluding hydrogens is 360 g/mol. The van der Waals surface area contributed by atoms with Gasteiger partial charge in [0.2, 0.25) is 10.0 Å². The molecule has 2 aromatic rings. The summed E-state index contributed by atoms with van der Waals surface area (Å²) in [5.41, 5.74) is 2.91. The minimum atomic E-state index is -3.46. The summed E-state index contributed by atoms with van der Waals surface area (Å²) in [6.45, 7) is 7.44. The molecule has 0 amide bonds. The second kappa shape index (κ2) is 8.97. The van der Waals surface area contributed by atoms with Gasteiger partial charge in [0, 0.05) is 19.6 Å². The Labute approximate surface area is 162 Å². The van der Waals surface area contributed by atoms with Gasteiger partial charge in [-0.1, -0.05) is 42.5 Å². The molecule has 27 heavy (non-hydrogen) atoms. The molecule has 0 aromatic heterocycles. The molecule has 0 spiro atoms. The van der Waals surface area contributed by atoms with Crippen molar-refractivity contribution >= 4 is 10.0 Å². The van der Waals surface area contributed by atoms with Crippen molar-refractivity contribution in [2.45, 2.75) is 31.3 Å². The van der Waals surface area contributed by atoms with E-state index in [1.165, 1.54) is 5.56 Å². The lowest BCUT2D eigenvalue weighted by Gasteiger charge is -2.33. The van der Waals surface area contributed by atoms with Crippen LogP contribution < -0.4 is 4.72 Å². The maximum Gasteiger partial charge on any atom is 0.240 e. The van der Waals surface area contributed by atoms with Gasteiger partial charge in [-0.3, -0.25) is 4.90 Å². The number of ether oxygens (including phenoxy) is 1. The zero-order valence-electron chi connectivity index (χ0n) is 16.0. The third-order valence-electron chi connectivity index (χ3n) is 4.90. The zero-order valence-corrected chi connectivity index (χ0v) is 16.8. The normalized spacial score (nSPS) is 18.5. The van der Waals surface area contributed by atoms with Gasteiger partial charge in [-0.05, 0) is 49.6 Å². The van der Waals surface area contributed by atoms with E-state index in [4.69, 9.17) is 4.74 Å². The maximum absolute atomic E-state index is 12.5. The molecule has 0 bridgehead atoms. The number of morpholine rings is 1. The predicted molar refractivity (Wildman–Crippen MR) is 107 cm³/mol. The number of aryl methyl sites for hydroxylation is 2. The van der Waals surface area contributed by atoms with E-state index in [9.17, 15) is 8.42 Å². The molecule has 0 saturated carbocycles. The zero-order chi connectivity index (χ0) is 19.3. The molecule has 146 valence electrons. The first-order valence-corrected chi connectivity index (χ1v) is 10.9. The Kier molecular flexibility index (Phi) is 6.65. The van der Waals surface area contributed by atoms with Crippen molar-refractivity contribution in [3.05, 3.63) is 65.2 Å². The second-order valence-electron chi connectivity index (χ2n) is 7.09. The van der Waals surface area contributed by atoms with Crippen LogP contribution in [0, 0.1) is 13.8 Å². The fourth-order valence-corrected chi connectivity index (χ4v) is 4.76. The number of benzene rings is 2. The lowest BCUT2D eigenvalue weighted by Crippen LogP contribution is -2.39. The molecule has 1 unspecified atom stereocenters. The lowest BCUT2D eigenvalue weighted by atomic mass is 10.1. The Balaban J connectivity index is 1.49. The number of hydrogen-bond acceptors (Lipinski definition) is 4. The van der Waals surface area contributed by atoms with Crippen LogP contribution in [0.4, 0.5) is 0 Å². The van der Waals surface area contributed by atoms with Crippen LogP contribution in [0.25, 0.3) is 0 Å². The van der Waals surface area contributed by atoms with E-state index in [-0.39, 0.29) is 6.10 Å². The Bertz CT molecular complexity index is 853. The molecule has 0 radical (unpaired) electrons. The molecule has 1 heterocycles. The number of sulfonamides is 1. The summed E-state index contributed by atoms with van der Waals surface area (Å²) in [6.07, 6.45) is 0.859. The van der Waals surface area contributed by atoms with Gasteiger partial charge in [-0.25, -0.2) is 13.1 Å². The molecule has 0 aliphatic carbocycles. The average molecular weight is 389 g/mol. The van der Waals surface area contributed by atoms with Gasteiger partial charge in [0.05, 0.1) is 17.6 Å². The lowest BCUT2D eigenvalue weighted by molar-refractivity contribution is -0.0300. The Morgan fingerprint density at radius 2 is 1.93 bits per heavy atom. The van der Waals surface area contributed by atoms with Crippen LogP contribution in [0.15, 0.2) is 53.4 Å². The van der Waals surface area contributed by atoms with Gasteiger partial charge in [-0.2, -0.15) is 0 Å². The maximum atomic E-state index is 12.5. The van der Waals surface area contributed by atoms with Crippen LogP contribution in [0.3, 0.4) is 0 Å². The largest absolute Gasteiger partial charge is 0.371 e. The molecule has 1 saturated heterocycles. The molecule has 6 heteroatoms. The summed E-state index contributed by atoms with van der Waals surface area (Å²) in [6, 6.07) is 15.7. The monoisotopic (exact) mass is 388 g/mol. The summed E-state index contributed by atoms with van der Waals surface area (Å²) in [7, 11) is -3.46. The van der Waals surface area contributed by atoms with Crippen molar-refractivity contribution < 1.29 is 13.2 Å². The van der Waals surface area contributed by atoms with Crippen LogP contribution in [0.5, 0.6) is 0 Å². The third kappa shape index (κ3) is 5.39. The van der Waals surface area contributed by atoms with E-state index in [1.807, 2.05) is 44.2 Å². The smallest absolute Gasteiger partial charge is 0.240 e. The van der Waals surface area contributed by atoms with Gasteiger partial charge >= 0.3 is 0 Å². The second-order valence-corrected chi connectivity index (χ2v) is 8.83. The Morgan fingerprint density at radius 3 is 2.70 bits per heavy atom. The first-order valence-electron chi connectivity index (χ1n) is 9.41. The summed E-state index contributed by atoms with van der Waals surface area (Å²) in [5, 5.41) is 0. The number of rotatable bonds is 7. The van der Waals surface area contributed by atoms with Crippen molar-refractivity contribution in [3.63, 3.8) is 0 Å². The van der Waals surface area contributed by atoms with Gasteiger partial charge in [0.25, 0.3) is 0 Å². The van der Waals surface area contributed by atoms with E-state index in [0.29, 0.717) is 18.0 Å². The van der Waals surface area contributed by atoms with Crippen LogP contribution in [-0.2, 0) is 14.8 Å². The number of nitrogens with one attached hydrogen (secondary N) is 1. The van der Waals surface area contributed by atoms with Gasteiger partial charge in [0.15, 0.2) is 0 Å². The summed E-state index contributed by atoms with van der Waals surface area (Å²) < 4.78 is 33.7. The van der Waals surface area contributed by atoms with Crippen molar-refractivity contribution in [3.8, 4) is 0 Å². The minimum Gasteiger partial charge on any atom is -0.371 e. The van der Waals surface area contributed by atoms with Crippen molar-refractivity contribution in [2.75, 3.05) is 32.8 Å². The summed E-state index contributed by atoms with van der Waals surface area (Å²) >= 11 is 0. The highest BCUT2D eigenvalue weighted by Gasteiger charge is 2.22. The van der Waals surface area contributed by atoms with Gasteiger partial charge in [-0.15, -0.1) is 0 Å². The highest BCUT2D eigenvalue weighted by Crippen LogP contribution is 2.22. The molecular formula is C21H28N2O3S. The summed E-state index contributed by atoms with van der Waals surface area (Å²) in [4.78, 5) is 2.71. The van der Waals surface area contributed by atoms with E-state index >= 15 is 0 Å². The SMILES string of the molecule is Cc1ccc(C)c(S(=O)(=O)NCCCN2CCOC(c3ccccc3)C2)c1. The predicted octanol–water partition coefficient (Wildman–Crippen LogP) is 3.05. The first kappa shape index (κ1) is 20.0. The fraction of sp³-hybridized carbons (Fsp3) is 0.429. The molecule has 1 N–H and O–H groups in total. The van der Waals surface area contributed by atoms with Crippen molar-refractivity contribution in [1.82, 2.24) is 9.62 Å². The van der Waals surface area contributed by atoms with Gasteiger partial charge in [0.1, 0.15) is 0 Å². The number of hydrogen-bond donors (Lipinski definition) is 1. The molecule has 1 aliphatic heterocycles. The quantitative estimate of drug-likeness (QED) is 0.741.